The van der Waals surface area contributed by atoms with Gasteiger partial charge < -0.3 is 15.3 Å². The number of nitrogens with one attached hydrogen (secondary N) is 1. The lowest BCUT2D eigenvalue weighted by Gasteiger charge is -2.23. The molecular weight excluding hydrogens is 216 g/mol. The number of nitrogens with zero attached hydrogens (tertiary/aromatic N) is 1. The lowest BCUT2D eigenvalue weighted by atomic mass is 10.1. The number of carboxylic acid groups (broad SMARTS) is 1. The van der Waals surface area contributed by atoms with Crippen LogP contribution in [0.5, 0.6) is 0 Å². The normalized spacial score (nSPS) is 31.6. The molecule has 2 rings (SSSR count). The van der Waals surface area contributed by atoms with Crippen LogP contribution in [0.2, 0.25) is 0 Å². The minimum absolute atomic E-state index is 0.356. The minimum Gasteiger partial charge on any atom is -0.480 e. The van der Waals surface area contributed by atoms with Gasteiger partial charge in [-0.3, -0.25) is 4.79 Å². The quantitative estimate of drug-likeness (QED) is 0.735. The molecular formula is C13H24N2O2. The van der Waals surface area contributed by atoms with Crippen molar-refractivity contribution in [3.05, 3.63) is 0 Å². The van der Waals surface area contributed by atoms with E-state index in [9.17, 15) is 4.79 Å². The summed E-state index contributed by atoms with van der Waals surface area (Å²) in [4.78, 5) is 13.6. The van der Waals surface area contributed by atoms with Gasteiger partial charge in [-0.15, -0.1) is 0 Å². The van der Waals surface area contributed by atoms with E-state index < -0.39 is 5.97 Å². The Morgan fingerprint density at radius 3 is 2.65 bits per heavy atom. The van der Waals surface area contributed by atoms with Gasteiger partial charge in [0, 0.05) is 25.2 Å². The Labute approximate surface area is 103 Å². The zero-order valence-corrected chi connectivity index (χ0v) is 10.9. The molecule has 1 heterocycles. The van der Waals surface area contributed by atoms with Gasteiger partial charge in [0.25, 0.3) is 0 Å². The predicted molar refractivity (Wildman–Crippen MR) is 67.0 cm³/mol. The molecule has 3 atom stereocenters. The monoisotopic (exact) mass is 240 g/mol. The molecule has 0 aromatic rings. The van der Waals surface area contributed by atoms with Crippen LogP contribution in [0.3, 0.4) is 0 Å². The first-order valence-corrected chi connectivity index (χ1v) is 6.79. The van der Waals surface area contributed by atoms with Crippen molar-refractivity contribution in [1.29, 1.82) is 0 Å². The summed E-state index contributed by atoms with van der Waals surface area (Å²) < 4.78 is 0. The Kier molecular flexibility index (Phi) is 4.05. The lowest BCUT2D eigenvalue weighted by molar-refractivity contribution is -0.139. The molecule has 2 N–H and O–H groups in total. The van der Waals surface area contributed by atoms with Gasteiger partial charge >= 0.3 is 5.97 Å². The Bertz CT molecular complexity index is 279. The Balaban J connectivity index is 1.76. The Hall–Kier alpha value is -0.610. The van der Waals surface area contributed by atoms with E-state index in [2.05, 4.69) is 24.1 Å². The van der Waals surface area contributed by atoms with Crippen LogP contribution in [0.4, 0.5) is 0 Å². The van der Waals surface area contributed by atoms with Gasteiger partial charge in [0.15, 0.2) is 0 Å². The van der Waals surface area contributed by atoms with Gasteiger partial charge in [0.1, 0.15) is 6.04 Å². The molecule has 2 fully saturated rings. The third-order valence-corrected chi connectivity index (χ3v) is 3.93. The maximum Gasteiger partial charge on any atom is 0.320 e. The highest BCUT2D eigenvalue weighted by atomic mass is 16.4. The number of hydrogen-bond donors (Lipinski definition) is 2. The number of hydrogen-bond acceptors (Lipinski definition) is 3. The molecule has 1 aliphatic carbocycles. The number of aliphatic carboxylic acids is 1. The van der Waals surface area contributed by atoms with Crippen molar-refractivity contribution in [3.8, 4) is 0 Å². The van der Waals surface area contributed by atoms with E-state index in [1.54, 1.807) is 0 Å². The molecule has 3 unspecified atom stereocenters. The zero-order chi connectivity index (χ0) is 12.4. The number of carbonyl (C=O) groups is 1. The van der Waals surface area contributed by atoms with Gasteiger partial charge in [-0.25, -0.2) is 0 Å². The van der Waals surface area contributed by atoms with E-state index in [4.69, 9.17) is 5.11 Å². The standard InChI is InChI=1S/C13H24N2O2/c1-9-7-10(2)15(8-9)6-5-12(13(16)17)14-11-3-4-11/h9-12,14H,3-8H2,1-2H3,(H,16,17). The van der Waals surface area contributed by atoms with Crippen molar-refractivity contribution in [1.82, 2.24) is 10.2 Å². The average Bonchev–Trinajstić information content (AvgIpc) is 2.99. The van der Waals surface area contributed by atoms with Crippen molar-refractivity contribution in [2.75, 3.05) is 13.1 Å². The average molecular weight is 240 g/mol. The van der Waals surface area contributed by atoms with Crippen LogP contribution in [0.25, 0.3) is 0 Å². The molecule has 4 nitrogen and oxygen atoms in total. The van der Waals surface area contributed by atoms with Gasteiger partial charge in [-0.2, -0.15) is 0 Å². The highest BCUT2D eigenvalue weighted by molar-refractivity contribution is 5.73. The van der Waals surface area contributed by atoms with E-state index >= 15 is 0 Å². The first-order chi connectivity index (χ1) is 8.06. The second-order valence-electron chi connectivity index (χ2n) is 5.81. The minimum atomic E-state index is -0.697. The molecule has 0 bridgehead atoms. The predicted octanol–water partition coefficient (Wildman–Crippen LogP) is 1.31. The summed E-state index contributed by atoms with van der Waals surface area (Å²) in [6.07, 6.45) is 4.25. The zero-order valence-electron chi connectivity index (χ0n) is 10.9. The van der Waals surface area contributed by atoms with Crippen molar-refractivity contribution < 1.29 is 9.90 Å². The molecule has 98 valence electrons. The summed E-state index contributed by atoms with van der Waals surface area (Å²) in [5, 5.41) is 12.4. The summed E-state index contributed by atoms with van der Waals surface area (Å²) in [5.74, 6) is 0.0569. The van der Waals surface area contributed by atoms with E-state index in [0.29, 0.717) is 12.1 Å². The van der Waals surface area contributed by atoms with Crippen LogP contribution >= 0.6 is 0 Å². The fourth-order valence-electron chi connectivity index (χ4n) is 2.81. The van der Waals surface area contributed by atoms with E-state index in [1.807, 2.05) is 0 Å². The topological polar surface area (TPSA) is 52.6 Å². The highest BCUT2D eigenvalue weighted by Crippen LogP contribution is 2.23. The van der Waals surface area contributed by atoms with Crippen LogP contribution in [0, 0.1) is 5.92 Å². The number of likely N-dealkylation sites (tertiary alicyclic amines) is 1. The summed E-state index contributed by atoms with van der Waals surface area (Å²) in [5.41, 5.74) is 0. The van der Waals surface area contributed by atoms with E-state index in [1.165, 1.54) is 6.42 Å². The Morgan fingerprint density at radius 1 is 1.47 bits per heavy atom. The molecule has 4 heteroatoms. The van der Waals surface area contributed by atoms with Crippen molar-refractivity contribution >= 4 is 5.97 Å². The first kappa shape index (κ1) is 12.8. The Morgan fingerprint density at radius 2 is 2.18 bits per heavy atom. The van der Waals surface area contributed by atoms with E-state index in [-0.39, 0.29) is 6.04 Å². The summed E-state index contributed by atoms with van der Waals surface area (Å²) in [7, 11) is 0. The van der Waals surface area contributed by atoms with Gasteiger partial charge in [0.05, 0.1) is 0 Å². The molecule has 1 saturated carbocycles. The van der Waals surface area contributed by atoms with Crippen LogP contribution < -0.4 is 5.32 Å². The van der Waals surface area contributed by atoms with Crippen molar-refractivity contribution in [2.45, 2.75) is 57.7 Å². The van der Waals surface area contributed by atoms with Gasteiger partial charge in [-0.05, 0) is 38.5 Å². The number of carboxylic acids is 1. The van der Waals surface area contributed by atoms with Gasteiger partial charge in [0.2, 0.25) is 0 Å². The molecule has 0 aromatic heterocycles. The largest absolute Gasteiger partial charge is 0.480 e. The molecule has 17 heavy (non-hydrogen) atoms. The molecule has 0 spiro atoms. The van der Waals surface area contributed by atoms with Crippen LogP contribution in [0.15, 0.2) is 0 Å². The molecule has 0 aromatic carbocycles. The second-order valence-corrected chi connectivity index (χ2v) is 5.81. The maximum atomic E-state index is 11.1. The second kappa shape index (κ2) is 5.36. The molecule has 1 aliphatic heterocycles. The fraction of sp³-hybridized carbons (Fsp3) is 0.923. The fourth-order valence-corrected chi connectivity index (χ4v) is 2.81. The third-order valence-electron chi connectivity index (χ3n) is 3.93. The summed E-state index contributed by atoms with van der Waals surface area (Å²) in [6, 6.07) is 0.719. The smallest absolute Gasteiger partial charge is 0.320 e. The summed E-state index contributed by atoms with van der Waals surface area (Å²) in [6.45, 7) is 6.54. The third kappa shape index (κ3) is 3.68. The lowest BCUT2D eigenvalue weighted by Crippen LogP contribution is -2.41. The van der Waals surface area contributed by atoms with Gasteiger partial charge in [-0.1, -0.05) is 6.92 Å². The molecule has 0 radical (unpaired) electrons. The summed E-state index contributed by atoms with van der Waals surface area (Å²) >= 11 is 0. The van der Waals surface area contributed by atoms with E-state index in [0.717, 1.165) is 38.3 Å². The maximum absolute atomic E-state index is 11.1. The van der Waals surface area contributed by atoms with Crippen LogP contribution in [-0.4, -0.2) is 47.2 Å². The van der Waals surface area contributed by atoms with Crippen LogP contribution in [0.1, 0.15) is 39.5 Å². The number of rotatable bonds is 6. The van der Waals surface area contributed by atoms with Crippen molar-refractivity contribution in [2.24, 2.45) is 5.92 Å². The molecule has 1 saturated heterocycles. The van der Waals surface area contributed by atoms with Crippen LogP contribution in [-0.2, 0) is 4.79 Å². The van der Waals surface area contributed by atoms with Crippen molar-refractivity contribution in [3.63, 3.8) is 0 Å². The highest BCUT2D eigenvalue weighted by Gasteiger charge is 2.30. The SMILES string of the molecule is CC1CC(C)N(CCC(NC2CC2)C(=O)O)C1. The molecule has 2 aliphatic rings. The first-order valence-electron chi connectivity index (χ1n) is 6.79. The molecule has 0 amide bonds.